The average Bonchev–Trinajstić information content (AvgIpc) is 3.39. The van der Waals surface area contributed by atoms with Crippen LogP contribution in [0, 0.1) is 46.8 Å². The van der Waals surface area contributed by atoms with E-state index in [0.717, 1.165) is 5.57 Å². The normalized spacial score (nSPS) is 38.8. The molecule has 1 aliphatic carbocycles. The quantitative estimate of drug-likeness (QED) is 0.125. The molecular weight excluding hydrogens is 979 g/mol. The summed E-state index contributed by atoms with van der Waals surface area (Å²) in [5.41, 5.74) is 0.194. The molecule has 428 valence electrons. The van der Waals surface area contributed by atoms with E-state index in [4.69, 9.17) is 33.2 Å². The number of carbonyl (C=O) groups is 6. The Balaban J connectivity index is 1.43. The SMILES string of the molecule is COC1CC2CCC(C)C(O)(O2)C(=O)C(=O)N2CCCCC2C(=O)OC(C(C)CC2CCC(OC(=O)C3(C)COC(C)(C)OC3)C(OC)C2)CC(=O)C(C)/C=C(\C)C(O)C(CO)C(=O)C(C)CC(C)/C=C/C=C/C=C/1C. The highest BCUT2D eigenvalue weighted by molar-refractivity contribution is 6.39. The fraction of sp³-hybridized carbons (Fsp3) is 0.763. The third-order valence-corrected chi connectivity index (χ3v) is 16.8. The van der Waals surface area contributed by atoms with Crippen molar-refractivity contribution in [3.8, 4) is 0 Å². The molecule has 15 atom stereocenters. The van der Waals surface area contributed by atoms with E-state index in [1.807, 2.05) is 51.2 Å². The lowest BCUT2D eigenvalue weighted by Gasteiger charge is -2.43. The number of fused-ring (bicyclic) bond motifs is 3. The van der Waals surface area contributed by atoms with Crippen LogP contribution in [-0.2, 0) is 61.9 Å². The molecule has 0 aromatic rings. The number of aliphatic hydroxyl groups is 3. The van der Waals surface area contributed by atoms with E-state index < -0.39 is 119 Å². The molecule has 1 amide bonds. The van der Waals surface area contributed by atoms with Crippen LogP contribution >= 0.6 is 0 Å². The number of nitrogens with zero attached hydrogens (tertiary/aromatic N) is 1. The number of piperidine rings is 1. The van der Waals surface area contributed by atoms with Crippen molar-refractivity contribution in [1.82, 2.24) is 4.90 Å². The Kier molecular flexibility index (Phi) is 23.0. The second kappa shape index (κ2) is 27.8. The zero-order valence-electron chi connectivity index (χ0n) is 47.5. The number of ether oxygens (including phenoxy) is 7. The number of hydrogen-bond acceptors (Lipinski definition) is 16. The van der Waals surface area contributed by atoms with Crippen molar-refractivity contribution in [3.05, 3.63) is 47.6 Å². The maximum atomic E-state index is 14.6. The van der Waals surface area contributed by atoms with E-state index in [-0.39, 0.29) is 56.0 Å². The Morgan fingerprint density at radius 1 is 0.855 bits per heavy atom. The summed E-state index contributed by atoms with van der Waals surface area (Å²) in [6.45, 7) is 17.6. The van der Waals surface area contributed by atoms with Crippen molar-refractivity contribution in [1.29, 1.82) is 0 Å². The summed E-state index contributed by atoms with van der Waals surface area (Å²) in [5, 5.41) is 34.0. The van der Waals surface area contributed by atoms with Crippen LogP contribution in [0.1, 0.15) is 146 Å². The first-order chi connectivity index (χ1) is 35.8. The van der Waals surface area contributed by atoms with E-state index in [9.17, 15) is 44.1 Å². The maximum Gasteiger partial charge on any atom is 0.329 e. The van der Waals surface area contributed by atoms with Gasteiger partial charge in [-0.3, -0.25) is 24.0 Å². The Hall–Kier alpha value is -3.94. The lowest BCUT2D eigenvalue weighted by Crippen LogP contribution is -2.61. The van der Waals surface area contributed by atoms with Crippen molar-refractivity contribution in [3.63, 3.8) is 0 Å². The average molecular weight is 1070 g/mol. The van der Waals surface area contributed by atoms with Gasteiger partial charge in [-0.05, 0) is 128 Å². The lowest BCUT2D eigenvalue weighted by molar-refractivity contribution is -0.283. The highest BCUT2D eigenvalue weighted by Crippen LogP contribution is 2.39. The molecule has 3 saturated heterocycles. The second-order valence-corrected chi connectivity index (χ2v) is 23.6. The van der Waals surface area contributed by atoms with Crippen molar-refractivity contribution in [2.75, 3.05) is 40.6 Å². The smallest absolute Gasteiger partial charge is 0.329 e. The molecule has 17 nitrogen and oxygen atoms in total. The van der Waals surface area contributed by atoms with Crippen LogP contribution in [-0.4, -0.2) is 150 Å². The van der Waals surface area contributed by atoms with Gasteiger partial charge in [0.2, 0.25) is 5.79 Å². The van der Waals surface area contributed by atoms with Gasteiger partial charge in [-0.25, -0.2) is 4.79 Å². The van der Waals surface area contributed by atoms with E-state index >= 15 is 0 Å². The number of rotatable bonds is 8. The van der Waals surface area contributed by atoms with E-state index in [0.29, 0.717) is 69.8 Å². The number of allylic oxidation sites excluding steroid dienone is 6. The zero-order valence-corrected chi connectivity index (χ0v) is 47.5. The first-order valence-electron chi connectivity index (χ1n) is 27.8. The molecule has 5 rings (SSSR count). The predicted molar refractivity (Wildman–Crippen MR) is 283 cm³/mol. The molecule has 0 aromatic carbocycles. The number of Topliss-reactive ketones (excluding diaryl/α,β-unsaturated/α-hetero) is 3. The minimum Gasteiger partial charge on any atom is -0.460 e. The monoisotopic (exact) mass is 1070 g/mol. The number of carbonyl (C=O) groups excluding carboxylic acids is 6. The van der Waals surface area contributed by atoms with Gasteiger partial charge < -0.3 is 53.4 Å². The summed E-state index contributed by atoms with van der Waals surface area (Å²) in [7, 11) is 3.13. The van der Waals surface area contributed by atoms with E-state index in [1.54, 1.807) is 68.8 Å². The van der Waals surface area contributed by atoms with Crippen LogP contribution in [0.25, 0.3) is 0 Å². The molecule has 76 heavy (non-hydrogen) atoms. The van der Waals surface area contributed by atoms with Crippen LogP contribution in [0.5, 0.6) is 0 Å². The van der Waals surface area contributed by atoms with Gasteiger partial charge in [-0.2, -0.15) is 0 Å². The van der Waals surface area contributed by atoms with Crippen molar-refractivity contribution < 1.29 is 77.2 Å². The molecule has 4 aliphatic heterocycles. The summed E-state index contributed by atoms with van der Waals surface area (Å²) in [4.78, 5) is 86.2. The van der Waals surface area contributed by atoms with Gasteiger partial charge in [0.25, 0.3) is 11.7 Å². The number of esters is 2. The highest BCUT2D eigenvalue weighted by atomic mass is 16.7. The maximum absolute atomic E-state index is 14.6. The fourth-order valence-corrected chi connectivity index (χ4v) is 11.5. The van der Waals surface area contributed by atoms with Gasteiger partial charge in [0.15, 0.2) is 5.79 Å². The largest absolute Gasteiger partial charge is 0.460 e. The predicted octanol–water partition coefficient (Wildman–Crippen LogP) is 7.11. The minimum atomic E-state index is -2.46. The minimum absolute atomic E-state index is 0.00323. The van der Waals surface area contributed by atoms with Gasteiger partial charge in [-0.15, -0.1) is 0 Å². The third-order valence-electron chi connectivity index (χ3n) is 16.8. The number of hydrogen-bond donors (Lipinski definition) is 3. The Labute approximate surface area is 451 Å². The standard InChI is InChI=1S/C59H91NO16/c1-35-18-14-13-15-19-36(2)48(70-11)30-43-23-21-41(7)59(69,76-43)53(65)54(66)60-25-17-16-20-45(60)55(67)74-49(31-46(62)37(3)27-40(6)52(64)44(32-61)51(63)39(5)26-35)38(4)28-42-22-24-47(50(29-42)71-12)75-56(68)58(10)33-72-57(8,9)73-34-58/h13-15,18-19,27,35,37-39,41-45,47-50,52,61,64,69H,16-17,20-26,28-34H2,1-12H3/b15-13+,18-14+,36-19+,40-27+. The van der Waals surface area contributed by atoms with Gasteiger partial charge >= 0.3 is 11.9 Å². The van der Waals surface area contributed by atoms with Crippen LogP contribution in [0.15, 0.2) is 47.6 Å². The number of cyclic esters (lactones) is 1. The van der Waals surface area contributed by atoms with Gasteiger partial charge in [0.05, 0.1) is 50.2 Å². The van der Waals surface area contributed by atoms with Crippen molar-refractivity contribution in [2.24, 2.45) is 46.8 Å². The summed E-state index contributed by atoms with van der Waals surface area (Å²) in [5.74, 6) is -11.0. The summed E-state index contributed by atoms with van der Waals surface area (Å²) >= 11 is 0. The molecular formula is C59H91NO16. The highest BCUT2D eigenvalue weighted by Gasteiger charge is 2.53. The molecule has 2 bridgehead atoms. The number of amides is 1. The lowest BCUT2D eigenvalue weighted by atomic mass is 9.78. The molecule has 17 heteroatoms. The zero-order chi connectivity index (χ0) is 56.3. The van der Waals surface area contributed by atoms with Gasteiger partial charge in [0, 0.05) is 51.4 Å². The summed E-state index contributed by atoms with van der Waals surface area (Å²) in [6, 6.07) is -1.19. The first kappa shape index (κ1) is 62.9. The molecule has 0 aromatic heterocycles. The van der Waals surface area contributed by atoms with Crippen molar-refractivity contribution >= 4 is 35.2 Å². The van der Waals surface area contributed by atoms with Gasteiger partial charge in [0.1, 0.15) is 35.2 Å². The van der Waals surface area contributed by atoms with Gasteiger partial charge in [-0.1, -0.05) is 71.1 Å². The summed E-state index contributed by atoms with van der Waals surface area (Å²) < 4.78 is 42.0. The molecule has 0 radical (unpaired) electrons. The van der Waals surface area contributed by atoms with Crippen LogP contribution < -0.4 is 0 Å². The molecule has 1 saturated carbocycles. The molecule has 3 N–H and O–H groups in total. The first-order valence-corrected chi connectivity index (χ1v) is 27.8. The molecule has 4 heterocycles. The second-order valence-electron chi connectivity index (χ2n) is 23.6. The van der Waals surface area contributed by atoms with E-state index in [2.05, 4.69) is 0 Å². The van der Waals surface area contributed by atoms with E-state index in [1.165, 1.54) is 4.90 Å². The van der Waals surface area contributed by atoms with Crippen LogP contribution in [0.2, 0.25) is 0 Å². The van der Waals surface area contributed by atoms with Crippen LogP contribution in [0.4, 0.5) is 0 Å². The summed E-state index contributed by atoms with van der Waals surface area (Å²) in [6.07, 6.45) is 11.4. The fourth-order valence-electron chi connectivity index (χ4n) is 11.5. The topological polar surface area (TPSA) is 231 Å². The Morgan fingerprint density at radius 3 is 2.21 bits per heavy atom. The Morgan fingerprint density at radius 2 is 1.55 bits per heavy atom. The molecule has 5 aliphatic rings. The number of methoxy groups -OCH3 is 2. The molecule has 15 unspecified atom stereocenters. The molecule has 4 fully saturated rings. The molecule has 0 spiro atoms. The number of aliphatic hydroxyl groups excluding tert-OH is 2. The van der Waals surface area contributed by atoms with Crippen molar-refractivity contribution in [2.45, 2.75) is 201 Å². The Bertz CT molecular complexity index is 2140. The van der Waals surface area contributed by atoms with Crippen LogP contribution in [0.3, 0.4) is 0 Å². The third kappa shape index (κ3) is 16.1. The number of ketones is 3.